The average Bonchev–Trinajstić information content (AvgIpc) is 3.61. The van der Waals surface area contributed by atoms with Gasteiger partial charge >= 0.3 is 6.09 Å². The Morgan fingerprint density at radius 3 is 2.78 bits per heavy atom. The number of nitrogens with one attached hydrogen (secondary N) is 1. The Morgan fingerprint density at radius 1 is 1.14 bits per heavy atom. The van der Waals surface area contributed by atoms with E-state index in [4.69, 9.17) is 24.4 Å². The lowest BCUT2D eigenvalue weighted by Gasteiger charge is -2.27. The molecule has 188 valence electrons. The number of morpholine rings is 1. The Hall–Kier alpha value is -3.66. The van der Waals surface area contributed by atoms with Crippen molar-refractivity contribution in [2.75, 3.05) is 44.3 Å². The number of hydrogen-bond donors (Lipinski definition) is 1. The highest BCUT2D eigenvalue weighted by molar-refractivity contribution is 6.00. The Morgan fingerprint density at radius 2 is 1.97 bits per heavy atom. The van der Waals surface area contributed by atoms with Crippen molar-refractivity contribution >= 4 is 34.1 Å². The van der Waals surface area contributed by atoms with Crippen LogP contribution >= 0.6 is 0 Å². The Bertz CT molecular complexity index is 1410. The minimum atomic E-state index is -0.523. The first kappa shape index (κ1) is 22.8. The number of ether oxygens (including phenoxy) is 2. The predicted octanol–water partition coefficient (Wildman–Crippen LogP) is 3.99. The molecule has 1 unspecified atom stereocenters. The van der Waals surface area contributed by atoms with E-state index in [1.54, 1.807) is 4.90 Å². The summed E-state index contributed by atoms with van der Waals surface area (Å²) < 4.78 is 13.3. The van der Waals surface area contributed by atoms with Crippen LogP contribution in [0.15, 0.2) is 36.8 Å². The largest absolute Gasteiger partial charge is 0.444 e. The summed E-state index contributed by atoms with van der Waals surface area (Å²) in [4.78, 5) is 34.7. The highest BCUT2D eigenvalue weighted by Crippen LogP contribution is 2.35. The number of likely N-dealkylation sites (tertiary alicyclic amines) is 1. The van der Waals surface area contributed by atoms with Gasteiger partial charge in [0.05, 0.1) is 25.6 Å². The van der Waals surface area contributed by atoms with Gasteiger partial charge in [0.15, 0.2) is 5.65 Å². The number of H-pyrrole nitrogens is 1. The van der Waals surface area contributed by atoms with Crippen molar-refractivity contribution in [1.29, 1.82) is 0 Å². The molecule has 1 N–H and O–H groups in total. The molecule has 5 heterocycles. The second kappa shape index (κ2) is 8.77. The molecule has 3 aromatic heterocycles. The third kappa shape index (κ3) is 4.15. The molecule has 1 atom stereocenters. The monoisotopic (exact) mass is 489 g/mol. The van der Waals surface area contributed by atoms with Crippen molar-refractivity contribution in [3.63, 3.8) is 0 Å². The van der Waals surface area contributed by atoms with E-state index < -0.39 is 5.60 Å². The van der Waals surface area contributed by atoms with Crippen LogP contribution in [0, 0.1) is 0 Å². The molecular weight excluding hydrogens is 458 g/mol. The molecule has 2 saturated heterocycles. The van der Waals surface area contributed by atoms with Crippen LogP contribution in [-0.4, -0.2) is 80.5 Å². The van der Waals surface area contributed by atoms with Crippen LogP contribution in [0.1, 0.15) is 33.2 Å². The maximum atomic E-state index is 12.7. The molecule has 0 aliphatic carbocycles. The first-order valence-corrected chi connectivity index (χ1v) is 12.5. The number of hydrogen-bond acceptors (Lipinski definition) is 7. The lowest BCUT2D eigenvalue weighted by atomic mass is 10.1. The number of fused-ring (bicyclic) bond motifs is 2. The third-order valence-electron chi connectivity index (χ3n) is 6.76. The first-order chi connectivity index (χ1) is 17.4. The fourth-order valence-corrected chi connectivity index (χ4v) is 5.02. The van der Waals surface area contributed by atoms with Crippen molar-refractivity contribution in [3.8, 4) is 11.3 Å². The van der Waals surface area contributed by atoms with Crippen molar-refractivity contribution in [3.05, 3.63) is 36.8 Å². The quantitative estimate of drug-likeness (QED) is 0.464. The van der Waals surface area contributed by atoms with E-state index in [9.17, 15) is 4.79 Å². The molecule has 4 aromatic rings. The molecule has 0 spiro atoms. The van der Waals surface area contributed by atoms with Crippen molar-refractivity contribution < 1.29 is 14.3 Å². The van der Waals surface area contributed by atoms with Crippen LogP contribution in [0.4, 0.5) is 10.7 Å². The zero-order chi connectivity index (χ0) is 24.9. The van der Waals surface area contributed by atoms with E-state index in [0.29, 0.717) is 32.3 Å². The number of carbonyl (C=O) groups is 1. The Kier molecular flexibility index (Phi) is 5.55. The van der Waals surface area contributed by atoms with Gasteiger partial charge in [-0.2, -0.15) is 4.98 Å². The fraction of sp³-hybridized carbons (Fsp3) is 0.462. The zero-order valence-electron chi connectivity index (χ0n) is 20.9. The van der Waals surface area contributed by atoms with Gasteiger partial charge in [-0.1, -0.05) is 12.1 Å². The topological polar surface area (TPSA) is 101 Å². The number of anilines is 1. The van der Waals surface area contributed by atoms with E-state index in [2.05, 4.69) is 32.7 Å². The van der Waals surface area contributed by atoms with Crippen molar-refractivity contribution in [1.82, 2.24) is 29.4 Å². The van der Waals surface area contributed by atoms with E-state index in [-0.39, 0.29) is 12.1 Å². The van der Waals surface area contributed by atoms with Gasteiger partial charge in [0.25, 0.3) is 0 Å². The zero-order valence-corrected chi connectivity index (χ0v) is 20.9. The predicted molar refractivity (Wildman–Crippen MR) is 137 cm³/mol. The molecular formula is C26H31N7O3. The van der Waals surface area contributed by atoms with E-state index in [0.717, 1.165) is 52.8 Å². The molecule has 2 aliphatic rings. The number of aromatic nitrogens is 5. The summed E-state index contributed by atoms with van der Waals surface area (Å²) in [6.45, 7) is 9.63. The number of nitrogens with zero attached hydrogens (tertiary/aromatic N) is 6. The molecule has 1 amide bonds. The highest BCUT2D eigenvalue weighted by atomic mass is 16.6. The number of benzene rings is 1. The number of imidazole rings is 1. The summed E-state index contributed by atoms with van der Waals surface area (Å²) in [7, 11) is 0. The van der Waals surface area contributed by atoms with Gasteiger partial charge in [-0.05, 0) is 39.3 Å². The number of carbonyl (C=O) groups excluding carboxylic acids is 1. The lowest BCUT2D eigenvalue weighted by Crippen LogP contribution is -2.37. The van der Waals surface area contributed by atoms with Crippen LogP contribution < -0.4 is 4.90 Å². The molecule has 10 heteroatoms. The summed E-state index contributed by atoms with van der Waals surface area (Å²) in [5.74, 6) is 0.678. The molecule has 0 saturated carbocycles. The van der Waals surface area contributed by atoms with Crippen LogP contribution in [0.5, 0.6) is 0 Å². The lowest BCUT2D eigenvalue weighted by molar-refractivity contribution is 0.0289. The smallest absolute Gasteiger partial charge is 0.410 e. The van der Waals surface area contributed by atoms with Gasteiger partial charge in [0.2, 0.25) is 5.95 Å². The fourth-order valence-electron chi connectivity index (χ4n) is 5.02. The van der Waals surface area contributed by atoms with Crippen LogP contribution in [0.25, 0.3) is 33.3 Å². The summed E-state index contributed by atoms with van der Waals surface area (Å²) in [5, 5.41) is 1.09. The minimum Gasteiger partial charge on any atom is -0.444 e. The van der Waals surface area contributed by atoms with Crippen LogP contribution in [0.3, 0.4) is 0 Å². The summed E-state index contributed by atoms with van der Waals surface area (Å²) in [6, 6.07) is 8.30. The van der Waals surface area contributed by atoms with E-state index >= 15 is 0 Å². The normalized spacial score (nSPS) is 18.9. The van der Waals surface area contributed by atoms with Gasteiger partial charge in [-0.3, -0.25) is 0 Å². The highest BCUT2D eigenvalue weighted by Gasteiger charge is 2.32. The molecule has 0 bridgehead atoms. The maximum Gasteiger partial charge on any atom is 0.410 e. The third-order valence-corrected chi connectivity index (χ3v) is 6.76. The SMILES string of the molecule is CC(C)(C)OC(=O)N1CCC(n2cnc3c(-c4cccc5[nH]ccc45)nc(N4CCOCC4)nc32)C1. The second-order valence-corrected chi connectivity index (χ2v) is 10.4. The standard InChI is InChI=1S/C26H31N7O3/c1-26(2,3)36-25(34)32-10-8-17(15-32)33-16-28-22-21(19-5-4-6-20-18(19)7-9-27-20)29-24(30-23(22)33)31-11-13-35-14-12-31/h4-7,9,16-17,27H,8,10-15H2,1-3H3. The van der Waals surface area contributed by atoms with E-state index in [1.165, 1.54) is 0 Å². The molecule has 10 nitrogen and oxygen atoms in total. The summed E-state index contributed by atoms with van der Waals surface area (Å²) >= 11 is 0. The van der Waals surface area contributed by atoms with Gasteiger partial charge in [-0.25, -0.2) is 14.8 Å². The Labute approximate surface area is 209 Å². The van der Waals surface area contributed by atoms with Crippen molar-refractivity contribution in [2.24, 2.45) is 0 Å². The van der Waals surface area contributed by atoms with Gasteiger partial charge in [0.1, 0.15) is 16.8 Å². The summed E-state index contributed by atoms with van der Waals surface area (Å²) in [5.41, 5.74) is 3.90. The van der Waals surface area contributed by atoms with Crippen LogP contribution in [0.2, 0.25) is 0 Å². The molecule has 1 aromatic carbocycles. The maximum absolute atomic E-state index is 12.7. The number of aromatic amines is 1. The van der Waals surface area contributed by atoms with Crippen molar-refractivity contribution in [2.45, 2.75) is 38.8 Å². The first-order valence-electron chi connectivity index (χ1n) is 12.5. The van der Waals surface area contributed by atoms with Gasteiger partial charge in [-0.15, -0.1) is 0 Å². The average molecular weight is 490 g/mol. The summed E-state index contributed by atoms with van der Waals surface area (Å²) in [6.07, 6.45) is 4.31. The number of amides is 1. The molecule has 0 radical (unpaired) electrons. The van der Waals surface area contributed by atoms with Gasteiger partial charge in [0, 0.05) is 48.8 Å². The minimum absolute atomic E-state index is 0.0610. The molecule has 2 fully saturated rings. The molecule has 36 heavy (non-hydrogen) atoms. The van der Waals surface area contributed by atoms with Crippen LogP contribution in [-0.2, 0) is 9.47 Å². The Balaban J connectivity index is 1.42. The molecule has 6 rings (SSSR count). The van der Waals surface area contributed by atoms with E-state index in [1.807, 2.05) is 39.4 Å². The van der Waals surface area contributed by atoms with Gasteiger partial charge < -0.3 is 28.8 Å². The molecule has 2 aliphatic heterocycles. The second-order valence-electron chi connectivity index (χ2n) is 10.4. The number of rotatable bonds is 3.